The topological polar surface area (TPSA) is 71.0 Å². The summed E-state index contributed by atoms with van der Waals surface area (Å²) in [5.74, 6) is 1.24. The lowest BCUT2D eigenvalue weighted by molar-refractivity contribution is -0.139. The zero-order valence-corrected chi connectivity index (χ0v) is 20.8. The molecule has 6 heteroatoms. The Bertz CT molecular complexity index is 1130. The number of carboxylic acid groups (broad SMARTS) is 1. The molecule has 6 nitrogen and oxygen atoms in total. The normalized spacial score (nSPS) is 25.0. The first-order chi connectivity index (χ1) is 17.5. The fourth-order valence-corrected chi connectivity index (χ4v) is 6.22. The van der Waals surface area contributed by atoms with Gasteiger partial charge in [-0.2, -0.15) is 0 Å². The highest BCUT2D eigenvalue weighted by atomic mass is 16.7. The molecule has 0 aliphatic carbocycles. The Morgan fingerprint density at radius 1 is 1.06 bits per heavy atom. The van der Waals surface area contributed by atoms with Gasteiger partial charge in [-0.3, -0.25) is 4.90 Å². The number of rotatable bonds is 8. The van der Waals surface area contributed by atoms with Crippen molar-refractivity contribution < 1.29 is 19.4 Å². The third-order valence-electron chi connectivity index (χ3n) is 7.75. The van der Waals surface area contributed by atoms with Crippen LogP contribution in [0.15, 0.2) is 78.9 Å². The van der Waals surface area contributed by atoms with Gasteiger partial charge in [0, 0.05) is 43.1 Å². The first-order valence-electron chi connectivity index (χ1n) is 12.7. The van der Waals surface area contributed by atoms with Crippen LogP contribution in [0.25, 0.3) is 0 Å². The fraction of sp³-hybridized carbons (Fsp3) is 0.367. The van der Waals surface area contributed by atoms with Gasteiger partial charge < -0.3 is 19.9 Å². The minimum absolute atomic E-state index is 0.0301. The number of benzene rings is 3. The SMILES string of the molecule is COc1ccc(C)cc1CN[C@H]1[C@H]2CCN(C(OC(=O)O)C2)[C@H]1C(c1ccccc1)c1ccccc1. The lowest BCUT2D eigenvalue weighted by atomic mass is 9.70. The number of methoxy groups -OCH3 is 1. The first-order valence-corrected chi connectivity index (χ1v) is 12.7. The number of aryl methyl sites for hydroxylation is 1. The van der Waals surface area contributed by atoms with Crippen LogP contribution in [0.5, 0.6) is 5.75 Å². The van der Waals surface area contributed by atoms with Crippen molar-refractivity contribution in [3.8, 4) is 5.75 Å². The van der Waals surface area contributed by atoms with Crippen molar-refractivity contribution in [3.63, 3.8) is 0 Å². The van der Waals surface area contributed by atoms with E-state index in [-0.39, 0.29) is 18.0 Å². The quantitative estimate of drug-likeness (QED) is 0.415. The molecule has 2 N–H and O–H groups in total. The van der Waals surface area contributed by atoms with Crippen molar-refractivity contribution in [2.45, 2.75) is 50.5 Å². The highest BCUT2D eigenvalue weighted by Crippen LogP contribution is 2.45. The summed E-state index contributed by atoms with van der Waals surface area (Å²) < 4.78 is 11.1. The van der Waals surface area contributed by atoms with Crippen molar-refractivity contribution in [3.05, 3.63) is 101 Å². The molecule has 3 aliphatic rings. The van der Waals surface area contributed by atoms with E-state index in [0.717, 1.165) is 24.3 Å². The number of carbonyl (C=O) groups is 1. The molecular formula is C30H34N2O4. The van der Waals surface area contributed by atoms with Gasteiger partial charge in [0.05, 0.1) is 7.11 Å². The second-order valence-corrected chi connectivity index (χ2v) is 9.87. The standard InChI is InChI=1S/C30H34N2O4/c1-20-13-14-25(35-2)24(17-20)19-31-28-23-15-16-32(26(18-23)36-30(33)34)29(28)27(21-9-5-3-6-10-21)22-11-7-4-8-12-22/h3-14,17,23,26-29,31H,15-16,18-19H2,1-2H3,(H,33,34)/t23-,26?,28-,29-/m0/s1. The van der Waals surface area contributed by atoms with E-state index in [4.69, 9.17) is 9.47 Å². The molecule has 3 saturated heterocycles. The largest absolute Gasteiger partial charge is 0.507 e. The predicted molar refractivity (Wildman–Crippen MR) is 139 cm³/mol. The summed E-state index contributed by atoms with van der Waals surface area (Å²) in [6.45, 7) is 3.58. The summed E-state index contributed by atoms with van der Waals surface area (Å²) in [5, 5.41) is 13.4. The summed E-state index contributed by atoms with van der Waals surface area (Å²) >= 11 is 0. The number of fused-ring (bicyclic) bond motifs is 3. The molecule has 188 valence electrons. The maximum absolute atomic E-state index is 11.6. The number of hydrogen-bond donors (Lipinski definition) is 2. The molecule has 3 aromatic carbocycles. The minimum Gasteiger partial charge on any atom is -0.496 e. The van der Waals surface area contributed by atoms with Gasteiger partial charge in [-0.1, -0.05) is 78.4 Å². The molecule has 6 rings (SSSR count). The zero-order chi connectivity index (χ0) is 25.1. The number of nitrogens with one attached hydrogen (secondary N) is 1. The van der Waals surface area contributed by atoms with Crippen LogP contribution in [-0.4, -0.2) is 48.1 Å². The summed E-state index contributed by atoms with van der Waals surface area (Å²) in [6.07, 6.45) is 0.0559. The third-order valence-corrected chi connectivity index (χ3v) is 7.75. The molecule has 36 heavy (non-hydrogen) atoms. The summed E-state index contributed by atoms with van der Waals surface area (Å²) in [6, 6.07) is 27.5. The molecule has 3 heterocycles. The molecule has 0 spiro atoms. The molecule has 3 aromatic rings. The van der Waals surface area contributed by atoms with E-state index in [2.05, 4.69) is 77.8 Å². The van der Waals surface area contributed by atoms with Crippen LogP contribution in [0, 0.1) is 12.8 Å². The lowest BCUT2D eigenvalue weighted by Gasteiger charge is -2.56. The van der Waals surface area contributed by atoms with E-state index in [0.29, 0.717) is 18.9 Å². The Kier molecular flexibility index (Phi) is 7.25. The zero-order valence-electron chi connectivity index (χ0n) is 20.8. The molecule has 5 atom stereocenters. The van der Waals surface area contributed by atoms with Crippen molar-refractivity contribution in [1.82, 2.24) is 10.2 Å². The molecule has 0 radical (unpaired) electrons. The Balaban J connectivity index is 1.54. The second kappa shape index (κ2) is 10.7. The Labute approximate surface area is 212 Å². The van der Waals surface area contributed by atoms with Gasteiger partial charge in [0.2, 0.25) is 0 Å². The molecule has 0 saturated carbocycles. The van der Waals surface area contributed by atoms with E-state index in [1.54, 1.807) is 7.11 Å². The van der Waals surface area contributed by atoms with Crippen LogP contribution in [-0.2, 0) is 11.3 Å². The molecule has 2 bridgehead atoms. The molecular weight excluding hydrogens is 452 g/mol. The highest BCUT2D eigenvalue weighted by Gasteiger charge is 2.51. The van der Waals surface area contributed by atoms with E-state index >= 15 is 0 Å². The summed E-state index contributed by atoms with van der Waals surface area (Å²) in [5.41, 5.74) is 4.76. The van der Waals surface area contributed by atoms with Crippen molar-refractivity contribution in [2.75, 3.05) is 13.7 Å². The predicted octanol–water partition coefficient (Wildman–Crippen LogP) is 5.41. The Morgan fingerprint density at radius 3 is 2.33 bits per heavy atom. The van der Waals surface area contributed by atoms with Gasteiger partial charge >= 0.3 is 6.16 Å². The van der Waals surface area contributed by atoms with Gasteiger partial charge in [0.25, 0.3) is 0 Å². The fourth-order valence-electron chi connectivity index (χ4n) is 6.22. The number of nitrogens with zero attached hydrogens (tertiary/aromatic N) is 1. The van der Waals surface area contributed by atoms with Crippen molar-refractivity contribution in [1.29, 1.82) is 0 Å². The minimum atomic E-state index is -1.21. The average molecular weight is 487 g/mol. The Hall–Kier alpha value is -3.35. The highest BCUT2D eigenvalue weighted by molar-refractivity contribution is 5.57. The number of piperidine rings is 3. The van der Waals surface area contributed by atoms with Gasteiger partial charge in [0.1, 0.15) is 5.75 Å². The smallest absolute Gasteiger partial charge is 0.496 e. The van der Waals surface area contributed by atoms with Crippen molar-refractivity contribution >= 4 is 6.16 Å². The van der Waals surface area contributed by atoms with Crippen LogP contribution >= 0.6 is 0 Å². The van der Waals surface area contributed by atoms with Crippen molar-refractivity contribution in [2.24, 2.45) is 5.92 Å². The van der Waals surface area contributed by atoms with Gasteiger partial charge in [-0.05, 0) is 36.5 Å². The molecule has 0 amide bonds. The van der Waals surface area contributed by atoms with Crippen LogP contribution < -0.4 is 10.1 Å². The van der Waals surface area contributed by atoms with Gasteiger partial charge in [-0.25, -0.2) is 4.79 Å². The van der Waals surface area contributed by atoms with Crippen LogP contribution in [0.4, 0.5) is 4.79 Å². The van der Waals surface area contributed by atoms with Crippen LogP contribution in [0.2, 0.25) is 0 Å². The van der Waals surface area contributed by atoms with E-state index in [1.807, 2.05) is 18.2 Å². The summed E-state index contributed by atoms with van der Waals surface area (Å²) in [4.78, 5) is 13.9. The van der Waals surface area contributed by atoms with E-state index in [9.17, 15) is 9.90 Å². The third kappa shape index (κ3) is 4.97. The van der Waals surface area contributed by atoms with Crippen LogP contribution in [0.1, 0.15) is 41.0 Å². The monoisotopic (exact) mass is 486 g/mol. The lowest BCUT2D eigenvalue weighted by Crippen LogP contribution is -2.68. The Morgan fingerprint density at radius 2 is 1.72 bits per heavy atom. The molecule has 0 aromatic heterocycles. The second-order valence-electron chi connectivity index (χ2n) is 9.87. The maximum Gasteiger partial charge on any atom is 0.507 e. The molecule has 3 fully saturated rings. The maximum atomic E-state index is 11.6. The van der Waals surface area contributed by atoms with Gasteiger partial charge in [0.15, 0.2) is 6.23 Å². The molecule has 2 unspecified atom stereocenters. The first kappa shape index (κ1) is 24.3. The summed E-state index contributed by atoms with van der Waals surface area (Å²) in [7, 11) is 1.71. The van der Waals surface area contributed by atoms with Crippen LogP contribution in [0.3, 0.4) is 0 Å². The van der Waals surface area contributed by atoms with Gasteiger partial charge in [-0.15, -0.1) is 0 Å². The average Bonchev–Trinajstić information content (AvgIpc) is 2.89. The van der Waals surface area contributed by atoms with E-state index in [1.165, 1.54) is 16.7 Å². The molecule has 3 aliphatic heterocycles. The number of hydrogen-bond acceptors (Lipinski definition) is 5. The number of ether oxygens (including phenoxy) is 2. The van der Waals surface area contributed by atoms with E-state index < -0.39 is 12.4 Å².